The van der Waals surface area contributed by atoms with E-state index in [0.29, 0.717) is 27.0 Å². The molecule has 0 aliphatic carbocycles. The fraction of sp³-hybridized carbons (Fsp3) is 0.0417. The SMILES string of the molecule is N=Cc1ccc(-n2cnc(-c3ccc(C(F)(F)F)cc3)c2)cc1.NC(=S)Nc1c(Cl)cccc1Cl. The molecule has 11 heteroatoms. The zero-order valence-electron chi connectivity index (χ0n) is 17.9. The van der Waals surface area contributed by atoms with Crippen LogP contribution in [0.3, 0.4) is 0 Å². The smallest absolute Gasteiger partial charge is 0.376 e. The topological polar surface area (TPSA) is 79.7 Å². The minimum Gasteiger partial charge on any atom is -0.376 e. The predicted molar refractivity (Wildman–Crippen MR) is 139 cm³/mol. The Bertz CT molecular complexity index is 1300. The fourth-order valence-corrected chi connectivity index (χ4v) is 3.52. The Hall–Kier alpha value is -3.40. The van der Waals surface area contributed by atoms with Crippen LogP contribution in [-0.2, 0) is 6.18 Å². The molecule has 4 aromatic rings. The number of benzene rings is 3. The van der Waals surface area contributed by atoms with Gasteiger partial charge in [-0.1, -0.05) is 53.5 Å². The number of halogens is 5. The van der Waals surface area contributed by atoms with Gasteiger partial charge in [0, 0.05) is 23.7 Å². The molecule has 0 bridgehead atoms. The Kier molecular flexibility index (Phi) is 8.50. The first-order valence-electron chi connectivity index (χ1n) is 9.91. The lowest BCUT2D eigenvalue weighted by Crippen LogP contribution is -2.19. The summed E-state index contributed by atoms with van der Waals surface area (Å²) in [5, 5.41) is 11.0. The third-order valence-corrected chi connectivity index (χ3v) is 5.39. The summed E-state index contributed by atoms with van der Waals surface area (Å²) < 4.78 is 39.5. The average molecular weight is 536 g/mol. The van der Waals surface area contributed by atoms with Crippen molar-refractivity contribution in [3.8, 4) is 16.9 Å². The second-order valence-electron chi connectivity index (χ2n) is 7.06. The van der Waals surface area contributed by atoms with Crippen molar-refractivity contribution in [1.29, 1.82) is 5.41 Å². The first kappa shape index (κ1) is 26.2. The van der Waals surface area contributed by atoms with Crippen molar-refractivity contribution in [2.75, 3.05) is 5.32 Å². The number of imidazole rings is 1. The van der Waals surface area contributed by atoms with Crippen LogP contribution in [0.4, 0.5) is 18.9 Å². The molecule has 0 saturated heterocycles. The summed E-state index contributed by atoms with van der Waals surface area (Å²) in [4.78, 5) is 4.23. The highest BCUT2D eigenvalue weighted by atomic mass is 35.5. The van der Waals surface area contributed by atoms with Crippen molar-refractivity contribution in [3.05, 3.63) is 100 Å². The van der Waals surface area contributed by atoms with E-state index in [1.54, 1.807) is 47.4 Å². The van der Waals surface area contributed by atoms with E-state index in [2.05, 4.69) is 22.5 Å². The largest absolute Gasteiger partial charge is 0.416 e. The third kappa shape index (κ3) is 7.05. The minimum atomic E-state index is -4.34. The lowest BCUT2D eigenvalue weighted by molar-refractivity contribution is -0.137. The first-order valence-corrected chi connectivity index (χ1v) is 11.1. The van der Waals surface area contributed by atoms with Gasteiger partial charge in [0.1, 0.15) is 0 Å². The van der Waals surface area contributed by atoms with Crippen LogP contribution >= 0.6 is 35.4 Å². The molecule has 0 unspecified atom stereocenters. The van der Waals surface area contributed by atoms with E-state index in [4.69, 9.17) is 34.3 Å². The van der Waals surface area contributed by atoms with Gasteiger partial charge in [0.15, 0.2) is 5.11 Å². The zero-order chi connectivity index (χ0) is 25.6. The van der Waals surface area contributed by atoms with Crippen LogP contribution in [0, 0.1) is 5.41 Å². The average Bonchev–Trinajstić information content (AvgIpc) is 3.32. The molecule has 4 N–H and O–H groups in total. The minimum absolute atomic E-state index is 0.144. The first-order chi connectivity index (χ1) is 16.6. The zero-order valence-corrected chi connectivity index (χ0v) is 20.2. The number of hydrogen-bond donors (Lipinski definition) is 3. The van der Waals surface area contributed by atoms with E-state index in [1.165, 1.54) is 18.3 Å². The summed E-state index contributed by atoms with van der Waals surface area (Å²) in [5.41, 5.74) is 8.00. The van der Waals surface area contributed by atoms with Gasteiger partial charge in [0.05, 0.1) is 33.3 Å². The Balaban J connectivity index is 0.000000241. The standard InChI is InChI=1S/C17H12F3N3.C7H6Cl2N2S/c18-17(19,20)14-5-3-13(4-6-14)16-10-23(11-22-16)15-7-1-12(9-21)2-8-15;8-4-2-1-3-5(9)6(4)11-7(10)12/h1-11,21H;1-3H,(H3,10,11,12). The van der Waals surface area contributed by atoms with Gasteiger partial charge in [-0.05, 0) is 54.2 Å². The Morgan fingerprint density at radius 1 is 1.00 bits per heavy atom. The molecule has 3 aromatic carbocycles. The Morgan fingerprint density at radius 2 is 1.60 bits per heavy atom. The molecule has 1 aromatic heterocycles. The summed E-state index contributed by atoms with van der Waals surface area (Å²) in [6, 6.07) is 17.4. The highest BCUT2D eigenvalue weighted by molar-refractivity contribution is 7.80. The van der Waals surface area contributed by atoms with Crippen molar-refractivity contribution < 1.29 is 13.2 Å². The molecule has 1 heterocycles. The van der Waals surface area contributed by atoms with Crippen LogP contribution in [0.15, 0.2) is 79.3 Å². The summed E-state index contributed by atoms with van der Waals surface area (Å²) >= 11 is 16.3. The van der Waals surface area contributed by atoms with E-state index in [0.717, 1.165) is 23.4 Å². The number of nitrogens with one attached hydrogen (secondary N) is 2. The molecule has 0 saturated carbocycles. The molecular weight excluding hydrogens is 518 g/mol. The van der Waals surface area contributed by atoms with E-state index in [-0.39, 0.29) is 5.11 Å². The number of alkyl halides is 3. The van der Waals surface area contributed by atoms with Crippen LogP contribution < -0.4 is 11.1 Å². The molecule has 4 rings (SSSR count). The van der Waals surface area contributed by atoms with E-state index in [9.17, 15) is 13.2 Å². The molecule has 0 fully saturated rings. The van der Waals surface area contributed by atoms with Crippen molar-refractivity contribution in [1.82, 2.24) is 9.55 Å². The Morgan fingerprint density at radius 3 is 2.11 bits per heavy atom. The lowest BCUT2D eigenvalue weighted by atomic mass is 10.1. The quantitative estimate of drug-likeness (QED) is 0.190. The van der Waals surface area contributed by atoms with Gasteiger partial charge >= 0.3 is 6.18 Å². The molecule has 5 nitrogen and oxygen atoms in total. The van der Waals surface area contributed by atoms with Crippen molar-refractivity contribution in [2.45, 2.75) is 6.18 Å². The number of rotatable bonds is 4. The van der Waals surface area contributed by atoms with Crippen molar-refractivity contribution in [3.63, 3.8) is 0 Å². The number of nitrogens with two attached hydrogens (primary N) is 1. The van der Waals surface area contributed by atoms with Crippen molar-refractivity contribution >= 4 is 52.4 Å². The van der Waals surface area contributed by atoms with Gasteiger partial charge in [-0.3, -0.25) is 0 Å². The highest BCUT2D eigenvalue weighted by Crippen LogP contribution is 2.31. The number of thiocarbonyl (C=S) groups is 1. The molecule has 0 aliphatic rings. The molecule has 0 radical (unpaired) electrons. The maximum atomic E-state index is 12.6. The summed E-state index contributed by atoms with van der Waals surface area (Å²) in [6.07, 6.45) is 0.272. The van der Waals surface area contributed by atoms with E-state index < -0.39 is 11.7 Å². The van der Waals surface area contributed by atoms with Crippen LogP contribution in [0.5, 0.6) is 0 Å². The summed E-state index contributed by atoms with van der Waals surface area (Å²) in [7, 11) is 0. The molecule has 0 amide bonds. The maximum absolute atomic E-state index is 12.6. The highest BCUT2D eigenvalue weighted by Gasteiger charge is 2.30. The van der Waals surface area contributed by atoms with Gasteiger partial charge in [0.2, 0.25) is 0 Å². The fourth-order valence-electron chi connectivity index (χ4n) is 2.93. The Labute approximate surface area is 214 Å². The number of aromatic nitrogens is 2. The number of nitrogens with zero attached hydrogens (tertiary/aromatic N) is 2. The molecular formula is C24H18Cl2F3N5S. The van der Waals surface area contributed by atoms with E-state index in [1.807, 2.05) is 12.1 Å². The predicted octanol–water partition coefficient (Wildman–Crippen LogP) is 7.20. The number of hydrogen-bond acceptors (Lipinski definition) is 3. The molecule has 0 spiro atoms. The second-order valence-corrected chi connectivity index (χ2v) is 8.32. The maximum Gasteiger partial charge on any atom is 0.416 e. The second kappa shape index (κ2) is 11.4. The molecule has 0 atom stereocenters. The van der Waals surface area contributed by atoms with Crippen LogP contribution in [-0.4, -0.2) is 20.9 Å². The van der Waals surface area contributed by atoms with Crippen LogP contribution in [0.25, 0.3) is 16.9 Å². The number of anilines is 1. The van der Waals surface area contributed by atoms with Gasteiger partial charge in [-0.15, -0.1) is 0 Å². The lowest BCUT2D eigenvalue weighted by Gasteiger charge is -2.07. The molecule has 35 heavy (non-hydrogen) atoms. The molecule has 0 aliphatic heterocycles. The third-order valence-electron chi connectivity index (χ3n) is 4.66. The summed E-state index contributed by atoms with van der Waals surface area (Å²) in [6.45, 7) is 0. The monoisotopic (exact) mass is 535 g/mol. The van der Waals surface area contributed by atoms with Crippen molar-refractivity contribution in [2.24, 2.45) is 5.73 Å². The van der Waals surface area contributed by atoms with E-state index >= 15 is 0 Å². The van der Waals surface area contributed by atoms with Crippen LogP contribution in [0.2, 0.25) is 10.0 Å². The molecule has 180 valence electrons. The van der Waals surface area contributed by atoms with Gasteiger partial charge in [-0.25, -0.2) is 4.98 Å². The number of para-hydroxylation sites is 1. The van der Waals surface area contributed by atoms with Gasteiger partial charge in [0.25, 0.3) is 0 Å². The van der Waals surface area contributed by atoms with Gasteiger partial charge < -0.3 is 21.0 Å². The van der Waals surface area contributed by atoms with Gasteiger partial charge in [-0.2, -0.15) is 13.2 Å². The van der Waals surface area contributed by atoms with Crippen LogP contribution in [0.1, 0.15) is 11.1 Å². The normalized spacial score (nSPS) is 10.8. The summed E-state index contributed by atoms with van der Waals surface area (Å²) in [5.74, 6) is 0.